The molecule has 0 unspecified atom stereocenters. The van der Waals surface area contributed by atoms with Gasteiger partial charge >= 0.3 is 0 Å². The highest BCUT2D eigenvalue weighted by molar-refractivity contribution is 9.10. The number of nitrogens with zero attached hydrogens (tertiary/aromatic N) is 2. The van der Waals surface area contributed by atoms with Crippen molar-refractivity contribution in [3.8, 4) is 11.3 Å². The number of hydrogen-bond acceptors (Lipinski definition) is 6. The highest BCUT2D eigenvalue weighted by Gasteiger charge is 2.34. The van der Waals surface area contributed by atoms with E-state index in [4.69, 9.17) is 28.2 Å². The normalized spacial score (nSPS) is 15.2. The van der Waals surface area contributed by atoms with Crippen LogP contribution < -0.4 is 4.90 Å². The average molecular weight is 536 g/mol. The Hall–Kier alpha value is -2.46. The van der Waals surface area contributed by atoms with Crippen molar-refractivity contribution >= 4 is 79.2 Å². The number of rotatable bonds is 4. The summed E-state index contributed by atoms with van der Waals surface area (Å²) in [6, 6.07) is 13.3. The third-order valence-electron chi connectivity index (χ3n) is 4.47. The van der Waals surface area contributed by atoms with Gasteiger partial charge in [-0.1, -0.05) is 41.6 Å². The van der Waals surface area contributed by atoms with Crippen LogP contribution in [0.3, 0.4) is 0 Å². The number of aryl methyl sites for hydroxylation is 1. The maximum absolute atomic E-state index is 12.9. The second-order valence-electron chi connectivity index (χ2n) is 6.60. The van der Waals surface area contributed by atoms with Gasteiger partial charge in [-0.3, -0.25) is 19.8 Å². The van der Waals surface area contributed by atoms with Gasteiger partial charge in [0.1, 0.15) is 11.5 Å². The van der Waals surface area contributed by atoms with Crippen LogP contribution in [0.1, 0.15) is 11.3 Å². The van der Waals surface area contributed by atoms with Crippen LogP contribution in [0.15, 0.2) is 62.3 Å². The SMILES string of the molecule is Cc1ccc(-c2ccc(/C=C3/SC(=S)N(c4ccc(Br)c(Cl)c4)C3=O)o2)c([N+](=O)[O-])c1. The molecule has 1 amide bonds. The zero-order valence-corrected chi connectivity index (χ0v) is 19.8. The molecule has 3 aromatic rings. The van der Waals surface area contributed by atoms with Crippen molar-refractivity contribution < 1.29 is 14.1 Å². The Bertz CT molecular complexity index is 1290. The van der Waals surface area contributed by atoms with Crippen molar-refractivity contribution in [2.24, 2.45) is 0 Å². The van der Waals surface area contributed by atoms with Crippen LogP contribution in [0.2, 0.25) is 5.02 Å². The van der Waals surface area contributed by atoms with E-state index in [1.807, 2.05) is 0 Å². The van der Waals surface area contributed by atoms with Gasteiger partial charge in [0, 0.05) is 16.6 Å². The third kappa shape index (κ3) is 4.31. The minimum atomic E-state index is -0.445. The predicted octanol–water partition coefficient (Wildman–Crippen LogP) is 6.98. The van der Waals surface area contributed by atoms with E-state index in [0.29, 0.717) is 41.5 Å². The van der Waals surface area contributed by atoms with Crippen LogP contribution in [0.4, 0.5) is 11.4 Å². The molecule has 6 nitrogen and oxygen atoms in total. The number of amides is 1. The zero-order chi connectivity index (χ0) is 22.3. The fraction of sp³-hybridized carbons (Fsp3) is 0.0476. The Morgan fingerprint density at radius 3 is 2.71 bits per heavy atom. The molecule has 1 aromatic heterocycles. The van der Waals surface area contributed by atoms with Gasteiger partial charge in [0.2, 0.25) is 0 Å². The Morgan fingerprint density at radius 1 is 1.23 bits per heavy atom. The lowest BCUT2D eigenvalue weighted by Crippen LogP contribution is -2.27. The highest BCUT2D eigenvalue weighted by Crippen LogP contribution is 2.39. The van der Waals surface area contributed by atoms with E-state index >= 15 is 0 Å². The van der Waals surface area contributed by atoms with Gasteiger partial charge in [-0.25, -0.2) is 0 Å². The fourth-order valence-corrected chi connectivity index (χ4v) is 4.72. The largest absolute Gasteiger partial charge is 0.456 e. The topological polar surface area (TPSA) is 76.6 Å². The summed E-state index contributed by atoms with van der Waals surface area (Å²) in [5, 5.41) is 11.9. The lowest BCUT2D eigenvalue weighted by atomic mass is 10.1. The average Bonchev–Trinajstić information content (AvgIpc) is 3.28. The minimum absolute atomic E-state index is 0.0423. The molecule has 10 heteroatoms. The molecule has 31 heavy (non-hydrogen) atoms. The molecule has 2 heterocycles. The maximum atomic E-state index is 12.9. The Morgan fingerprint density at radius 2 is 2.00 bits per heavy atom. The van der Waals surface area contributed by atoms with Gasteiger partial charge in [-0.2, -0.15) is 0 Å². The van der Waals surface area contributed by atoms with Crippen molar-refractivity contribution in [2.75, 3.05) is 4.90 Å². The lowest BCUT2D eigenvalue weighted by Gasteiger charge is -2.15. The van der Waals surface area contributed by atoms with Crippen molar-refractivity contribution in [1.29, 1.82) is 0 Å². The molecule has 0 aliphatic carbocycles. The molecule has 0 spiro atoms. The molecule has 0 atom stereocenters. The number of nitro groups is 1. The maximum Gasteiger partial charge on any atom is 0.280 e. The van der Waals surface area contributed by atoms with E-state index in [-0.39, 0.29) is 11.6 Å². The summed E-state index contributed by atoms with van der Waals surface area (Å²) in [4.78, 5) is 25.7. The second kappa shape index (κ2) is 8.58. The minimum Gasteiger partial charge on any atom is -0.456 e. The van der Waals surface area contributed by atoms with E-state index in [9.17, 15) is 14.9 Å². The summed E-state index contributed by atoms with van der Waals surface area (Å²) in [5.74, 6) is 0.431. The Kier molecular flexibility index (Phi) is 6.02. The number of carbonyl (C=O) groups is 1. The molecular weight excluding hydrogens is 524 g/mol. The molecular formula is C21H12BrClN2O4S2. The van der Waals surface area contributed by atoms with Crippen molar-refractivity contribution in [3.05, 3.63) is 84.4 Å². The Balaban J connectivity index is 1.64. The molecule has 156 valence electrons. The number of halogens is 2. The molecule has 1 aliphatic heterocycles. The molecule has 1 saturated heterocycles. The number of hydrogen-bond donors (Lipinski definition) is 0. The number of benzene rings is 2. The van der Waals surface area contributed by atoms with Gasteiger partial charge in [0.15, 0.2) is 4.32 Å². The summed E-state index contributed by atoms with van der Waals surface area (Å²) >= 11 is 16.0. The van der Waals surface area contributed by atoms with Crippen molar-refractivity contribution in [2.45, 2.75) is 6.92 Å². The summed E-state index contributed by atoms with van der Waals surface area (Å²) in [6.07, 6.45) is 1.57. The smallest absolute Gasteiger partial charge is 0.280 e. The number of thioether (sulfide) groups is 1. The van der Waals surface area contributed by atoms with E-state index < -0.39 is 4.92 Å². The molecule has 4 rings (SSSR count). The van der Waals surface area contributed by atoms with Crippen molar-refractivity contribution in [1.82, 2.24) is 0 Å². The van der Waals surface area contributed by atoms with E-state index in [1.165, 1.54) is 11.0 Å². The van der Waals surface area contributed by atoms with Gasteiger partial charge in [0.25, 0.3) is 11.6 Å². The Labute approximate surface area is 200 Å². The first-order valence-corrected chi connectivity index (χ1v) is 11.2. The van der Waals surface area contributed by atoms with Crippen molar-refractivity contribution in [3.63, 3.8) is 0 Å². The molecule has 1 fully saturated rings. The van der Waals surface area contributed by atoms with Crippen LogP contribution in [-0.4, -0.2) is 15.2 Å². The standard InChI is InChI=1S/C21H12BrClN2O4S2/c1-11-2-5-14(17(8-11)25(27)28)18-7-4-13(29-18)10-19-20(26)24(21(30)31-19)12-3-6-15(22)16(23)9-12/h2-10H,1H3/b19-10+. The molecule has 0 bridgehead atoms. The van der Waals surface area contributed by atoms with Crippen LogP contribution >= 0.6 is 51.5 Å². The monoisotopic (exact) mass is 534 g/mol. The lowest BCUT2D eigenvalue weighted by molar-refractivity contribution is -0.384. The molecule has 0 saturated carbocycles. The summed E-state index contributed by atoms with van der Waals surface area (Å²) < 4.78 is 6.87. The highest BCUT2D eigenvalue weighted by atomic mass is 79.9. The second-order valence-corrected chi connectivity index (χ2v) is 9.53. The van der Waals surface area contributed by atoms with E-state index in [2.05, 4.69) is 15.9 Å². The van der Waals surface area contributed by atoms with Crippen LogP contribution in [-0.2, 0) is 4.79 Å². The van der Waals surface area contributed by atoms with Crippen LogP contribution in [0.25, 0.3) is 17.4 Å². The van der Waals surface area contributed by atoms with Gasteiger partial charge in [-0.15, -0.1) is 0 Å². The zero-order valence-electron chi connectivity index (χ0n) is 15.8. The number of nitro benzene ring substituents is 1. The molecule has 0 radical (unpaired) electrons. The number of furan rings is 1. The number of anilines is 1. The first kappa shape index (κ1) is 21.8. The number of carbonyl (C=O) groups excluding carboxylic acids is 1. The van der Waals surface area contributed by atoms with Crippen LogP contribution in [0, 0.1) is 17.0 Å². The predicted molar refractivity (Wildman–Crippen MR) is 130 cm³/mol. The summed E-state index contributed by atoms with van der Waals surface area (Å²) in [6.45, 7) is 1.78. The van der Waals surface area contributed by atoms with Crippen LogP contribution in [0.5, 0.6) is 0 Å². The van der Waals surface area contributed by atoms with Gasteiger partial charge in [0.05, 0.1) is 26.1 Å². The van der Waals surface area contributed by atoms with E-state index in [0.717, 1.165) is 17.3 Å². The molecule has 0 N–H and O–H groups in total. The first-order chi connectivity index (χ1) is 14.7. The molecule has 2 aromatic carbocycles. The molecule has 1 aliphatic rings. The summed E-state index contributed by atoms with van der Waals surface area (Å²) in [5.41, 5.74) is 1.67. The third-order valence-corrected chi connectivity index (χ3v) is 7.01. The quantitative estimate of drug-likeness (QED) is 0.155. The first-order valence-electron chi connectivity index (χ1n) is 8.83. The summed E-state index contributed by atoms with van der Waals surface area (Å²) in [7, 11) is 0. The van der Waals surface area contributed by atoms with Gasteiger partial charge in [-0.05, 0) is 64.8 Å². The number of thiocarbonyl (C=S) groups is 1. The van der Waals surface area contributed by atoms with Gasteiger partial charge < -0.3 is 4.42 Å². The van der Waals surface area contributed by atoms with E-state index in [1.54, 1.807) is 55.5 Å². The fourth-order valence-electron chi connectivity index (χ4n) is 3.02.